The molecule has 1 fully saturated rings. The van der Waals surface area contributed by atoms with Gasteiger partial charge in [0.2, 0.25) is 6.29 Å². The Morgan fingerprint density at radius 1 is 0.848 bits per heavy atom. The minimum absolute atomic E-state index is 0.144. The second-order valence-electron chi connectivity index (χ2n) is 7.47. The zero-order chi connectivity index (χ0) is 24.0. The summed E-state index contributed by atoms with van der Waals surface area (Å²) in [5, 5.41) is 79.0. The molecule has 0 bridgehead atoms. The van der Waals surface area contributed by atoms with Gasteiger partial charge in [-0.25, -0.2) is 0 Å². The second kappa shape index (κ2) is 8.42. The van der Waals surface area contributed by atoms with Gasteiger partial charge in [0.1, 0.15) is 58.4 Å². The molecule has 1 aromatic heterocycles. The monoisotopic (exact) mass is 464 g/mol. The largest absolute Gasteiger partial charge is 0.508 e. The van der Waals surface area contributed by atoms with Crippen LogP contribution in [0.5, 0.6) is 28.7 Å². The van der Waals surface area contributed by atoms with Gasteiger partial charge in [-0.2, -0.15) is 0 Å². The quantitative estimate of drug-likeness (QED) is 0.245. The van der Waals surface area contributed by atoms with Gasteiger partial charge in [-0.05, 0) is 6.07 Å². The van der Waals surface area contributed by atoms with E-state index in [4.69, 9.17) is 13.9 Å². The number of aliphatic hydroxyl groups is 4. The number of rotatable bonds is 4. The summed E-state index contributed by atoms with van der Waals surface area (Å²) in [7, 11) is 0. The van der Waals surface area contributed by atoms with Crippen molar-refractivity contribution in [2.24, 2.45) is 0 Å². The molecule has 8 N–H and O–H groups in total. The Balaban J connectivity index is 1.75. The minimum Gasteiger partial charge on any atom is -0.508 e. The Kier molecular flexibility index (Phi) is 5.78. The zero-order valence-corrected chi connectivity index (χ0v) is 16.7. The molecule has 0 amide bonds. The Morgan fingerprint density at radius 3 is 2.27 bits per heavy atom. The van der Waals surface area contributed by atoms with Gasteiger partial charge in [-0.3, -0.25) is 4.79 Å². The molecule has 1 aliphatic rings. The number of aromatic hydroxyl groups is 4. The molecular weight excluding hydrogens is 444 g/mol. The van der Waals surface area contributed by atoms with E-state index in [1.165, 1.54) is 0 Å². The number of phenols is 4. The van der Waals surface area contributed by atoms with E-state index in [0.717, 1.165) is 30.3 Å². The normalized spacial score (nSPS) is 25.3. The maximum atomic E-state index is 12.5. The highest BCUT2D eigenvalue weighted by Gasteiger charge is 2.45. The number of phenolic OH excluding ortho intramolecular Hbond substituents is 4. The van der Waals surface area contributed by atoms with Crippen molar-refractivity contribution < 1.29 is 54.7 Å². The molecule has 3 aromatic rings. The fraction of sp³-hybridized carbons (Fsp3) is 0.286. The van der Waals surface area contributed by atoms with Gasteiger partial charge in [-0.1, -0.05) is 0 Å². The van der Waals surface area contributed by atoms with Crippen LogP contribution in [0, 0.1) is 0 Å². The van der Waals surface area contributed by atoms with E-state index in [1.807, 2.05) is 0 Å². The predicted molar refractivity (Wildman–Crippen MR) is 109 cm³/mol. The van der Waals surface area contributed by atoms with Crippen molar-refractivity contribution in [3.63, 3.8) is 0 Å². The van der Waals surface area contributed by atoms with Gasteiger partial charge in [0, 0.05) is 24.3 Å². The fourth-order valence-corrected chi connectivity index (χ4v) is 3.53. The Hall–Kier alpha value is -3.55. The highest BCUT2D eigenvalue weighted by Crippen LogP contribution is 2.41. The van der Waals surface area contributed by atoms with Gasteiger partial charge in [0.25, 0.3) is 0 Å². The van der Waals surface area contributed by atoms with Gasteiger partial charge in [-0.15, -0.1) is 0 Å². The van der Waals surface area contributed by atoms with Gasteiger partial charge in [0.15, 0.2) is 16.9 Å². The first-order valence-corrected chi connectivity index (χ1v) is 9.64. The number of aliphatic hydroxyl groups excluding tert-OH is 4. The van der Waals surface area contributed by atoms with E-state index in [0.29, 0.717) is 0 Å². The summed E-state index contributed by atoms with van der Waals surface area (Å²) in [6, 6.07) is 4.92. The van der Waals surface area contributed by atoms with E-state index < -0.39 is 60.0 Å². The van der Waals surface area contributed by atoms with Crippen molar-refractivity contribution in [1.29, 1.82) is 0 Å². The van der Waals surface area contributed by atoms with Crippen molar-refractivity contribution in [3.05, 3.63) is 40.6 Å². The van der Waals surface area contributed by atoms with Crippen LogP contribution in [0.2, 0.25) is 0 Å². The van der Waals surface area contributed by atoms with Crippen LogP contribution in [0.15, 0.2) is 39.5 Å². The smallest absolute Gasteiger partial charge is 0.229 e. The molecule has 1 saturated heterocycles. The maximum Gasteiger partial charge on any atom is 0.229 e. The van der Waals surface area contributed by atoms with Crippen LogP contribution >= 0.6 is 0 Å². The molecule has 33 heavy (non-hydrogen) atoms. The predicted octanol–water partition coefficient (Wildman–Crippen LogP) is -0.539. The Morgan fingerprint density at radius 2 is 1.58 bits per heavy atom. The number of benzene rings is 2. The van der Waals surface area contributed by atoms with E-state index >= 15 is 0 Å². The molecule has 12 nitrogen and oxygen atoms in total. The molecule has 0 spiro atoms. The summed E-state index contributed by atoms with van der Waals surface area (Å²) < 4.78 is 16.2. The third kappa shape index (κ3) is 4.01. The third-order valence-electron chi connectivity index (χ3n) is 5.23. The summed E-state index contributed by atoms with van der Waals surface area (Å²) in [4.78, 5) is 12.5. The summed E-state index contributed by atoms with van der Waals surface area (Å²) in [6.45, 7) is -0.695. The van der Waals surface area contributed by atoms with Crippen LogP contribution in [-0.2, 0) is 4.74 Å². The molecule has 12 heteroatoms. The Bertz CT molecular complexity index is 1250. The van der Waals surface area contributed by atoms with Gasteiger partial charge < -0.3 is 54.7 Å². The Labute approximate surface area is 184 Å². The minimum atomic E-state index is -1.76. The standard InChI is InChI=1S/C21H20O12/c22-6-16-18(28)19(29)20(30)21(33-16)32-14-3-8(9(24)4-10(14)25)13-5-12(27)17-11(26)1-7(23)2-15(17)31-13/h1-5,16,18-26,28-30H,6H2/t16?,18-,19?,20?,21-/m1/s1. The van der Waals surface area contributed by atoms with Crippen LogP contribution < -0.4 is 10.2 Å². The van der Waals surface area contributed by atoms with E-state index in [-0.39, 0.29) is 33.8 Å². The summed E-state index contributed by atoms with van der Waals surface area (Å²) in [5.74, 6) is -2.59. The average molecular weight is 464 g/mol. The second-order valence-corrected chi connectivity index (χ2v) is 7.47. The molecule has 3 unspecified atom stereocenters. The molecule has 2 aromatic carbocycles. The van der Waals surface area contributed by atoms with Crippen LogP contribution in [0.1, 0.15) is 0 Å². The molecule has 2 heterocycles. The van der Waals surface area contributed by atoms with E-state index in [2.05, 4.69) is 0 Å². The number of hydrogen-bond acceptors (Lipinski definition) is 12. The first kappa shape index (κ1) is 22.6. The summed E-state index contributed by atoms with van der Waals surface area (Å²) >= 11 is 0. The molecule has 0 saturated carbocycles. The van der Waals surface area contributed by atoms with Crippen molar-refractivity contribution >= 4 is 11.0 Å². The van der Waals surface area contributed by atoms with Crippen LogP contribution in [0.3, 0.4) is 0 Å². The first-order chi connectivity index (χ1) is 15.6. The van der Waals surface area contributed by atoms with Crippen molar-refractivity contribution in [3.8, 4) is 40.1 Å². The van der Waals surface area contributed by atoms with Crippen molar-refractivity contribution in [1.82, 2.24) is 0 Å². The SMILES string of the molecule is O=c1cc(-c2cc(O[C@@H]3OC(CO)[C@@H](O)C(O)C3O)c(O)cc2O)oc2cc(O)cc(O)c12. The van der Waals surface area contributed by atoms with Crippen molar-refractivity contribution in [2.75, 3.05) is 6.61 Å². The summed E-state index contributed by atoms with van der Waals surface area (Å²) in [5.41, 5.74) is -1.01. The topological polar surface area (TPSA) is 211 Å². The van der Waals surface area contributed by atoms with E-state index in [1.54, 1.807) is 0 Å². The zero-order valence-electron chi connectivity index (χ0n) is 16.7. The lowest BCUT2D eigenvalue weighted by atomic mass is 9.99. The van der Waals surface area contributed by atoms with Gasteiger partial charge >= 0.3 is 0 Å². The fourth-order valence-electron chi connectivity index (χ4n) is 3.53. The van der Waals surface area contributed by atoms with Crippen LogP contribution in [0.25, 0.3) is 22.3 Å². The molecule has 0 aliphatic carbocycles. The first-order valence-electron chi connectivity index (χ1n) is 9.64. The maximum absolute atomic E-state index is 12.5. The van der Waals surface area contributed by atoms with Crippen molar-refractivity contribution in [2.45, 2.75) is 30.7 Å². The lowest BCUT2D eigenvalue weighted by Gasteiger charge is -2.39. The van der Waals surface area contributed by atoms with E-state index in [9.17, 15) is 45.6 Å². The van der Waals surface area contributed by atoms with Gasteiger partial charge in [0.05, 0.1) is 12.2 Å². The molecular formula is C21H20O12. The number of fused-ring (bicyclic) bond motifs is 1. The number of hydrogen-bond donors (Lipinski definition) is 8. The lowest BCUT2D eigenvalue weighted by molar-refractivity contribution is -0.277. The van der Waals surface area contributed by atoms with Crippen LogP contribution in [0.4, 0.5) is 0 Å². The molecule has 4 rings (SSSR count). The molecule has 176 valence electrons. The highest BCUT2D eigenvalue weighted by molar-refractivity contribution is 5.86. The third-order valence-corrected chi connectivity index (χ3v) is 5.23. The lowest BCUT2D eigenvalue weighted by Crippen LogP contribution is -2.60. The molecule has 1 aliphatic heterocycles. The van der Waals surface area contributed by atoms with Crippen LogP contribution in [-0.4, -0.2) is 78.2 Å². The number of ether oxygens (including phenoxy) is 2. The highest BCUT2D eigenvalue weighted by atomic mass is 16.7. The molecule has 5 atom stereocenters. The molecule has 0 radical (unpaired) electrons. The average Bonchev–Trinajstić information content (AvgIpc) is 2.74. The summed E-state index contributed by atoms with van der Waals surface area (Å²) in [6.07, 6.45) is -7.98.